The maximum Gasteiger partial charge on any atom is 0.274 e. The van der Waals surface area contributed by atoms with E-state index >= 15 is 0 Å². The topological polar surface area (TPSA) is 78.7 Å². The molecular weight excluding hydrogens is 300 g/mol. The molecule has 0 aliphatic carbocycles. The molecule has 0 bridgehead atoms. The third-order valence-corrected chi connectivity index (χ3v) is 4.61. The van der Waals surface area contributed by atoms with Crippen LogP contribution in [0.2, 0.25) is 0 Å². The van der Waals surface area contributed by atoms with Gasteiger partial charge in [0.05, 0.1) is 0 Å². The highest BCUT2D eigenvalue weighted by molar-refractivity contribution is 7.87. The van der Waals surface area contributed by atoms with Crippen molar-refractivity contribution in [1.29, 1.82) is 0 Å². The van der Waals surface area contributed by atoms with Crippen LogP contribution in [0, 0.1) is 5.92 Å². The summed E-state index contributed by atoms with van der Waals surface area (Å²) in [6, 6.07) is 8.39. The number of hydrogen-bond donors (Lipinski definition) is 2. The molecule has 1 atom stereocenters. The maximum absolute atomic E-state index is 11.0. The lowest BCUT2D eigenvalue weighted by Crippen LogP contribution is -2.42. The zero-order valence-electron chi connectivity index (χ0n) is 13.3. The van der Waals surface area contributed by atoms with Crippen molar-refractivity contribution in [2.75, 3.05) is 38.6 Å². The van der Waals surface area contributed by atoms with Gasteiger partial charge in [-0.2, -0.15) is 8.42 Å². The van der Waals surface area contributed by atoms with Crippen molar-refractivity contribution in [1.82, 2.24) is 9.62 Å². The molecule has 3 N–H and O–H groups in total. The number of likely N-dealkylation sites (tertiary alicyclic amines) is 1. The molecule has 0 aromatic heterocycles. The second kappa shape index (κ2) is 7.41. The number of benzene rings is 1. The van der Waals surface area contributed by atoms with Crippen LogP contribution in [-0.2, 0) is 16.8 Å². The Hall–Kier alpha value is -1.15. The monoisotopic (exact) mass is 326 g/mol. The Bertz CT molecular complexity index is 589. The van der Waals surface area contributed by atoms with Crippen molar-refractivity contribution in [3.05, 3.63) is 29.8 Å². The average Bonchev–Trinajstić information content (AvgIpc) is 2.45. The Morgan fingerprint density at radius 1 is 1.36 bits per heavy atom. The van der Waals surface area contributed by atoms with Gasteiger partial charge in [-0.15, -0.1) is 0 Å². The lowest BCUT2D eigenvalue weighted by molar-refractivity contribution is 0.169. The first kappa shape index (κ1) is 17.2. The molecule has 0 unspecified atom stereocenters. The quantitative estimate of drug-likeness (QED) is 0.809. The summed E-state index contributed by atoms with van der Waals surface area (Å²) < 4.78 is 24.4. The van der Waals surface area contributed by atoms with Crippen LogP contribution in [0.25, 0.3) is 0 Å². The van der Waals surface area contributed by atoms with Crippen molar-refractivity contribution < 1.29 is 8.42 Å². The molecule has 6 nitrogen and oxygen atoms in total. The number of hydrogen-bond acceptors (Lipinski definition) is 4. The number of nitrogens with one attached hydrogen (secondary N) is 1. The van der Waals surface area contributed by atoms with Crippen LogP contribution in [0.4, 0.5) is 5.69 Å². The Morgan fingerprint density at radius 3 is 2.77 bits per heavy atom. The first-order valence-electron chi connectivity index (χ1n) is 7.60. The van der Waals surface area contributed by atoms with E-state index in [1.54, 1.807) is 0 Å². The second-order valence-electron chi connectivity index (χ2n) is 6.16. The molecule has 1 heterocycles. The maximum atomic E-state index is 11.0. The molecule has 7 heteroatoms. The molecule has 1 aromatic rings. The zero-order valence-corrected chi connectivity index (χ0v) is 14.1. The van der Waals surface area contributed by atoms with Gasteiger partial charge in [0.1, 0.15) is 0 Å². The van der Waals surface area contributed by atoms with E-state index in [0.717, 1.165) is 32.5 Å². The van der Waals surface area contributed by atoms with Gasteiger partial charge in [0.25, 0.3) is 10.2 Å². The smallest absolute Gasteiger partial charge is 0.274 e. The van der Waals surface area contributed by atoms with Gasteiger partial charge in [0, 0.05) is 39.4 Å². The van der Waals surface area contributed by atoms with Crippen molar-refractivity contribution in [2.45, 2.75) is 19.4 Å². The highest BCUT2D eigenvalue weighted by atomic mass is 32.2. The molecule has 1 fully saturated rings. The van der Waals surface area contributed by atoms with E-state index in [0.29, 0.717) is 12.5 Å². The van der Waals surface area contributed by atoms with E-state index < -0.39 is 10.2 Å². The molecule has 1 aliphatic rings. The van der Waals surface area contributed by atoms with Crippen LogP contribution in [0.5, 0.6) is 0 Å². The summed E-state index contributed by atoms with van der Waals surface area (Å²) in [4.78, 5) is 4.51. The van der Waals surface area contributed by atoms with E-state index in [4.69, 9.17) is 5.14 Å². The van der Waals surface area contributed by atoms with Crippen LogP contribution < -0.4 is 14.8 Å². The van der Waals surface area contributed by atoms with Crippen LogP contribution in [-0.4, -0.2) is 47.0 Å². The highest BCUT2D eigenvalue weighted by Gasteiger charge is 2.21. The van der Waals surface area contributed by atoms with Crippen LogP contribution in [0.3, 0.4) is 0 Å². The SMILES string of the molecule is CN(C)c1ccccc1CN1CCC[C@@H](CNS(N)(=O)=O)C1. The van der Waals surface area contributed by atoms with Gasteiger partial charge in [0.15, 0.2) is 0 Å². The Morgan fingerprint density at radius 2 is 2.09 bits per heavy atom. The third kappa shape index (κ3) is 5.24. The molecule has 22 heavy (non-hydrogen) atoms. The van der Waals surface area contributed by atoms with Crippen molar-refractivity contribution in [2.24, 2.45) is 11.1 Å². The second-order valence-corrected chi connectivity index (χ2v) is 7.54. The highest BCUT2D eigenvalue weighted by Crippen LogP contribution is 2.23. The molecule has 0 saturated carbocycles. The molecule has 1 saturated heterocycles. The summed E-state index contributed by atoms with van der Waals surface area (Å²) >= 11 is 0. The molecule has 0 radical (unpaired) electrons. The van der Waals surface area contributed by atoms with Crippen LogP contribution in [0.15, 0.2) is 24.3 Å². The van der Waals surface area contributed by atoms with E-state index in [2.05, 4.69) is 32.7 Å². The van der Waals surface area contributed by atoms with Gasteiger partial charge in [-0.1, -0.05) is 18.2 Å². The summed E-state index contributed by atoms with van der Waals surface area (Å²) in [6.45, 7) is 3.25. The van der Waals surface area contributed by atoms with E-state index in [1.807, 2.05) is 20.2 Å². The first-order chi connectivity index (χ1) is 10.3. The molecule has 1 aliphatic heterocycles. The summed E-state index contributed by atoms with van der Waals surface area (Å²) in [7, 11) is 0.506. The fourth-order valence-electron chi connectivity index (χ4n) is 3.02. The molecule has 0 spiro atoms. The van der Waals surface area contributed by atoms with E-state index in [-0.39, 0.29) is 0 Å². The van der Waals surface area contributed by atoms with Gasteiger partial charge in [-0.05, 0) is 36.9 Å². The number of nitrogens with two attached hydrogens (primary N) is 1. The average molecular weight is 326 g/mol. The Kier molecular flexibility index (Phi) is 5.80. The fourth-order valence-corrected chi connectivity index (χ4v) is 3.49. The van der Waals surface area contributed by atoms with E-state index in [9.17, 15) is 8.42 Å². The first-order valence-corrected chi connectivity index (χ1v) is 9.15. The fraction of sp³-hybridized carbons (Fsp3) is 0.600. The molecule has 0 amide bonds. The van der Waals surface area contributed by atoms with Crippen LogP contribution in [0.1, 0.15) is 18.4 Å². The van der Waals surface area contributed by atoms with Gasteiger partial charge >= 0.3 is 0 Å². The van der Waals surface area contributed by atoms with Crippen molar-refractivity contribution in [3.8, 4) is 0 Å². The number of rotatable bonds is 6. The van der Waals surface area contributed by atoms with Crippen molar-refractivity contribution >= 4 is 15.9 Å². The van der Waals surface area contributed by atoms with Gasteiger partial charge in [-0.3, -0.25) is 4.90 Å². The predicted octanol–water partition coefficient (Wildman–Crippen LogP) is 0.758. The van der Waals surface area contributed by atoms with Gasteiger partial charge in [0.2, 0.25) is 0 Å². The summed E-state index contributed by atoms with van der Waals surface area (Å²) in [5.41, 5.74) is 2.53. The summed E-state index contributed by atoms with van der Waals surface area (Å²) in [5, 5.41) is 5.01. The standard InChI is InChI=1S/C15H26N4O2S/c1-18(2)15-8-4-3-7-14(15)12-19-9-5-6-13(11-19)10-17-22(16,20)21/h3-4,7-8,13,17H,5-6,9-12H2,1-2H3,(H2,16,20,21)/t13-/m0/s1. The largest absolute Gasteiger partial charge is 0.377 e. The summed E-state index contributed by atoms with van der Waals surface area (Å²) in [5.74, 6) is 0.318. The number of piperidine rings is 1. The molecule has 1 aromatic carbocycles. The molecule has 2 rings (SSSR count). The number of anilines is 1. The van der Waals surface area contributed by atoms with Gasteiger partial charge < -0.3 is 4.90 Å². The number of para-hydroxylation sites is 1. The molecular formula is C15H26N4O2S. The Labute approximate surface area is 133 Å². The Balaban J connectivity index is 1.96. The number of nitrogens with zero attached hydrogens (tertiary/aromatic N) is 2. The minimum absolute atomic E-state index is 0.318. The van der Waals surface area contributed by atoms with E-state index in [1.165, 1.54) is 11.3 Å². The lowest BCUT2D eigenvalue weighted by Gasteiger charge is -2.33. The van der Waals surface area contributed by atoms with Crippen LogP contribution >= 0.6 is 0 Å². The lowest BCUT2D eigenvalue weighted by atomic mass is 9.97. The third-order valence-electron chi connectivity index (χ3n) is 4.04. The zero-order chi connectivity index (χ0) is 16.2. The minimum atomic E-state index is -3.59. The normalized spacial score (nSPS) is 20.0. The van der Waals surface area contributed by atoms with Gasteiger partial charge in [-0.25, -0.2) is 9.86 Å². The predicted molar refractivity (Wildman–Crippen MR) is 89.9 cm³/mol. The summed E-state index contributed by atoms with van der Waals surface area (Å²) in [6.07, 6.45) is 2.12. The minimum Gasteiger partial charge on any atom is -0.377 e. The molecule has 124 valence electrons. The van der Waals surface area contributed by atoms with Crippen molar-refractivity contribution in [3.63, 3.8) is 0 Å².